The fraction of sp³-hybridized carbons (Fsp3) is 0.222. The standard InChI is InChI=1S/C18H15ClO4/c1-11(20)22-14-3-2-4-15(9-14)23-18(21)17-10-16(17)12-5-7-13(19)8-6-12/h2-9,16-17H,10H2,1H3/t16-,17+/m1/s1. The minimum atomic E-state index is -0.418. The van der Waals surface area contributed by atoms with Gasteiger partial charge in [0.15, 0.2) is 0 Å². The van der Waals surface area contributed by atoms with Crippen molar-refractivity contribution in [2.45, 2.75) is 19.3 Å². The summed E-state index contributed by atoms with van der Waals surface area (Å²) in [5.41, 5.74) is 1.09. The summed E-state index contributed by atoms with van der Waals surface area (Å²) in [6.45, 7) is 1.32. The van der Waals surface area contributed by atoms with Gasteiger partial charge in [0.05, 0.1) is 5.92 Å². The second kappa shape index (κ2) is 6.42. The third kappa shape index (κ3) is 3.90. The molecule has 0 bridgehead atoms. The third-order valence-electron chi connectivity index (χ3n) is 3.68. The van der Waals surface area contributed by atoms with Gasteiger partial charge in [0.25, 0.3) is 0 Å². The van der Waals surface area contributed by atoms with E-state index in [0.29, 0.717) is 16.5 Å². The lowest BCUT2D eigenvalue weighted by molar-refractivity contribution is -0.136. The summed E-state index contributed by atoms with van der Waals surface area (Å²) in [6, 6.07) is 14.0. The first kappa shape index (κ1) is 15.6. The van der Waals surface area contributed by atoms with Crippen molar-refractivity contribution in [3.8, 4) is 11.5 Å². The number of carbonyl (C=O) groups is 2. The Morgan fingerprint density at radius 1 is 1.04 bits per heavy atom. The van der Waals surface area contributed by atoms with Crippen LogP contribution in [0.4, 0.5) is 0 Å². The lowest BCUT2D eigenvalue weighted by Crippen LogP contribution is -2.11. The summed E-state index contributed by atoms with van der Waals surface area (Å²) in [5, 5.41) is 0.677. The molecule has 1 aliphatic carbocycles. The summed E-state index contributed by atoms with van der Waals surface area (Å²) in [5.74, 6) is 0.0664. The molecule has 118 valence electrons. The highest BCUT2D eigenvalue weighted by Gasteiger charge is 2.45. The summed E-state index contributed by atoms with van der Waals surface area (Å²) >= 11 is 5.87. The van der Waals surface area contributed by atoms with Gasteiger partial charge in [-0.05, 0) is 42.2 Å². The molecule has 0 spiro atoms. The molecule has 4 nitrogen and oxygen atoms in total. The zero-order valence-corrected chi connectivity index (χ0v) is 13.2. The van der Waals surface area contributed by atoms with E-state index in [1.807, 2.05) is 24.3 Å². The number of halogens is 1. The highest BCUT2D eigenvalue weighted by molar-refractivity contribution is 6.30. The maximum absolute atomic E-state index is 12.2. The Balaban J connectivity index is 1.62. The molecule has 0 amide bonds. The van der Waals surface area contributed by atoms with E-state index in [4.69, 9.17) is 21.1 Å². The van der Waals surface area contributed by atoms with E-state index in [2.05, 4.69) is 0 Å². The van der Waals surface area contributed by atoms with Crippen LogP contribution in [0.25, 0.3) is 0 Å². The molecular weight excluding hydrogens is 316 g/mol. The van der Waals surface area contributed by atoms with Crippen molar-refractivity contribution >= 4 is 23.5 Å². The largest absolute Gasteiger partial charge is 0.427 e. The van der Waals surface area contributed by atoms with Crippen molar-refractivity contribution in [2.75, 3.05) is 0 Å². The number of carbonyl (C=O) groups excluding carboxylic acids is 2. The topological polar surface area (TPSA) is 52.6 Å². The molecule has 1 aliphatic rings. The smallest absolute Gasteiger partial charge is 0.314 e. The molecule has 23 heavy (non-hydrogen) atoms. The van der Waals surface area contributed by atoms with Crippen LogP contribution in [-0.4, -0.2) is 11.9 Å². The lowest BCUT2D eigenvalue weighted by Gasteiger charge is -2.06. The molecule has 2 atom stereocenters. The average Bonchev–Trinajstić information content (AvgIpc) is 3.28. The lowest BCUT2D eigenvalue weighted by atomic mass is 10.1. The Hall–Kier alpha value is -2.33. The van der Waals surface area contributed by atoms with E-state index >= 15 is 0 Å². The van der Waals surface area contributed by atoms with Crippen molar-refractivity contribution < 1.29 is 19.1 Å². The van der Waals surface area contributed by atoms with Crippen LogP contribution in [0, 0.1) is 5.92 Å². The molecule has 5 heteroatoms. The minimum Gasteiger partial charge on any atom is -0.427 e. The first-order valence-corrected chi connectivity index (χ1v) is 7.66. The number of esters is 2. The van der Waals surface area contributed by atoms with Gasteiger partial charge in [0, 0.05) is 18.0 Å². The van der Waals surface area contributed by atoms with Crippen molar-refractivity contribution in [2.24, 2.45) is 5.92 Å². The molecule has 0 saturated heterocycles. The molecule has 0 aliphatic heterocycles. The van der Waals surface area contributed by atoms with Crippen LogP contribution in [0.15, 0.2) is 48.5 Å². The predicted octanol–water partition coefficient (Wildman–Crippen LogP) is 3.97. The van der Waals surface area contributed by atoms with Crippen molar-refractivity contribution in [1.29, 1.82) is 0 Å². The average molecular weight is 331 g/mol. The molecule has 2 aromatic rings. The van der Waals surface area contributed by atoms with Crippen LogP contribution in [0.2, 0.25) is 5.02 Å². The number of hydrogen-bond acceptors (Lipinski definition) is 4. The molecule has 0 unspecified atom stereocenters. The Bertz CT molecular complexity index is 739. The van der Waals surface area contributed by atoms with Gasteiger partial charge in [-0.15, -0.1) is 0 Å². The Morgan fingerprint density at radius 2 is 1.70 bits per heavy atom. The van der Waals surface area contributed by atoms with Crippen molar-refractivity contribution in [3.05, 3.63) is 59.1 Å². The minimum absolute atomic E-state index is 0.145. The van der Waals surface area contributed by atoms with Gasteiger partial charge in [0.2, 0.25) is 0 Å². The van der Waals surface area contributed by atoms with E-state index in [1.165, 1.54) is 13.0 Å². The monoisotopic (exact) mass is 330 g/mol. The molecule has 0 radical (unpaired) electrons. The Kier molecular flexibility index (Phi) is 4.35. The second-order valence-electron chi connectivity index (χ2n) is 5.49. The highest BCUT2D eigenvalue weighted by atomic mass is 35.5. The SMILES string of the molecule is CC(=O)Oc1cccc(OC(=O)[C@H]2C[C@@H]2c2ccc(Cl)cc2)c1. The number of ether oxygens (including phenoxy) is 2. The van der Waals surface area contributed by atoms with Crippen LogP contribution >= 0.6 is 11.6 Å². The van der Waals surface area contributed by atoms with Gasteiger partial charge in [0.1, 0.15) is 11.5 Å². The fourth-order valence-electron chi connectivity index (χ4n) is 2.49. The van der Waals surface area contributed by atoms with Gasteiger partial charge >= 0.3 is 11.9 Å². The predicted molar refractivity (Wildman–Crippen MR) is 85.7 cm³/mol. The quantitative estimate of drug-likeness (QED) is 0.628. The first-order valence-electron chi connectivity index (χ1n) is 7.28. The molecule has 1 fully saturated rings. The molecule has 0 heterocycles. The maximum atomic E-state index is 12.2. The number of rotatable bonds is 4. The third-order valence-corrected chi connectivity index (χ3v) is 3.93. The molecule has 0 N–H and O–H groups in total. The number of hydrogen-bond donors (Lipinski definition) is 0. The van der Waals surface area contributed by atoms with Gasteiger partial charge in [-0.3, -0.25) is 9.59 Å². The Morgan fingerprint density at radius 3 is 2.35 bits per heavy atom. The zero-order chi connectivity index (χ0) is 16.4. The van der Waals surface area contributed by atoms with Crippen LogP contribution in [0.3, 0.4) is 0 Å². The van der Waals surface area contributed by atoms with E-state index in [-0.39, 0.29) is 17.8 Å². The first-order chi connectivity index (χ1) is 11.0. The van der Waals surface area contributed by atoms with E-state index in [9.17, 15) is 9.59 Å². The molecule has 1 saturated carbocycles. The van der Waals surface area contributed by atoms with Gasteiger partial charge in [-0.25, -0.2) is 0 Å². The maximum Gasteiger partial charge on any atom is 0.314 e. The molecular formula is C18H15ClO4. The van der Waals surface area contributed by atoms with Crippen molar-refractivity contribution in [3.63, 3.8) is 0 Å². The normalized spacial score (nSPS) is 19.0. The highest BCUT2D eigenvalue weighted by Crippen LogP contribution is 2.48. The van der Waals surface area contributed by atoms with E-state index < -0.39 is 5.97 Å². The summed E-state index contributed by atoms with van der Waals surface area (Å²) < 4.78 is 10.4. The second-order valence-corrected chi connectivity index (χ2v) is 5.93. The van der Waals surface area contributed by atoms with Gasteiger partial charge in [-0.1, -0.05) is 29.8 Å². The van der Waals surface area contributed by atoms with Crippen LogP contribution < -0.4 is 9.47 Å². The summed E-state index contributed by atoms with van der Waals surface area (Å²) in [7, 11) is 0. The van der Waals surface area contributed by atoms with Crippen LogP contribution in [-0.2, 0) is 9.59 Å². The molecule has 0 aromatic heterocycles. The Labute approximate surface area is 139 Å². The molecule has 3 rings (SSSR count). The van der Waals surface area contributed by atoms with Gasteiger partial charge < -0.3 is 9.47 Å². The van der Waals surface area contributed by atoms with E-state index in [1.54, 1.807) is 18.2 Å². The molecule has 2 aromatic carbocycles. The van der Waals surface area contributed by atoms with Crippen molar-refractivity contribution in [1.82, 2.24) is 0 Å². The number of benzene rings is 2. The van der Waals surface area contributed by atoms with Gasteiger partial charge in [-0.2, -0.15) is 0 Å². The zero-order valence-electron chi connectivity index (χ0n) is 12.5. The summed E-state index contributed by atoms with van der Waals surface area (Å²) in [6.07, 6.45) is 0.768. The van der Waals surface area contributed by atoms with E-state index in [0.717, 1.165) is 12.0 Å². The van der Waals surface area contributed by atoms with Crippen LogP contribution in [0.1, 0.15) is 24.8 Å². The fourth-order valence-corrected chi connectivity index (χ4v) is 2.62. The summed E-state index contributed by atoms with van der Waals surface area (Å²) in [4.78, 5) is 23.2. The van der Waals surface area contributed by atoms with Crippen LogP contribution in [0.5, 0.6) is 11.5 Å².